The van der Waals surface area contributed by atoms with Crippen molar-refractivity contribution in [1.82, 2.24) is 14.7 Å². The van der Waals surface area contributed by atoms with Gasteiger partial charge in [0.15, 0.2) is 0 Å². The highest BCUT2D eigenvalue weighted by molar-refractivity contribution is 5.78. The highest BCUT2D eigenvalue weighted by Gasteiger charge is 2.23. The van der Waals surface area contributed by atoms with Crippen LogP contribution in [0, 0.1) is 11.8 Å². The zero-order valence-electron chi connectivity index (χ0n) is 15.1. The lowest BCUT2D eigenvalue weighted by molar-refractivity contribution is -0.136. The van der Waals surface area contributed by atoms with E-state index in [0.717, 1.165) is 71.0 Å². The molecule has 0 aliphatic carbocycles. The van der Waals surface area contributed by atoms with Crippen LogP contribution in [0.3, 0.4) is 0 Å². The van der Waals surface area contributed by atoms with Crippen LogP contribution in [0.2, 0.25) is 0 Å². The van der Waals surface area contributed by atoms with E-state index in [2.05, 4.69) is 11.8 Å². The topological polar surface area (TPSA) is 43.9 Å². The fraction of sp³-hybridized carbons (Fsp3) is 0.889. The van der Waals surface area contributed by atoms with E-state index in [9.17, 15) is 9.59 Å². The van der Waals surface area contributed by atoms with Crippen LogP contribution in [-0.2, 0) is 9.59 Å². The molecule has 0 atom stereocenters. The van der Waals surface area contributed by atoms with Crippen molar-refractivity contribution in [3.63, 3.8) is 0 Å². The summed E-state index contributed by atoms with van der Waals surface area (Å²) in [5.41, 5.74) is 0. The van der Waals surface area contributed by atoms with Gasteiger partial charge in [-0.15, -0.1) is 0 Å². The van der Waals surface area contributed by atoms with Crippen molar-refractivity contribution in [1.29, 1.82) is 0 Å². The molecule has 2 rings (SSSR count). The number of likely N-dealkylation sites (tertiary alicyclic amines) is 1. The predicted octanol–water partition coefficient (Wildman–Crippen LogP) is 1.83. The minimum Gasteiger partial charge on any atom is -0.343 e. The molecule has 0 bridgehead atoms. The van der Waals surface area contributed by atoms with Crippen molar-refractivity contribution in [2.45, 2.75) is 46.5 Å². The van der Waals surface area contributed by atoms with E-state index in [-0.39, 0.29) is 11.8 Å². The van der Waals surface area contributed by atoms with E-state index in [1.807, 2.05) is 23.6 Å². The minimum absolute atomic E-state index is 0.0893. The standard InChI is InChI=1S/C18H33N3O2/c1-15(2)18(23)21-13-11-19(12-14-21)8-4-5-17(22)20-9-6-16(3)7-10-20/h15-16H,4-14H2,1-3H3. The van der Waals surface area contributed by atoms with E-state index in [1.165, 1.54) is 0 Å². The van der Waals surface area contributed by atoms with Gasteiger partial charge in [0.2, 0.25) is 11.8 Å². The lowest BCUT2D eigenvalue weighted by Crippen LogP contribution is -2.50. The summed E-state index contributed by atoms with van der Waals surface area (Å²) in [5.74, 6) is 1.44. The Labute approximate surface area is 141 Å². The molecule has 0 aromatic rings. The molecule has 2 saturated heterocycles. The van der Waals surface area contributed by atoms with E-state index < -0.39 is 0 Å². The summed E-state index contributed by atoms with van der Waals surface area (Å²) in [7, 11) is 0. The Morgan fingerprint density at radius 1 is 0.957 bits per heavy atom. The van der Waals surface area contributed by atoms with Crippen LogP contribution in [0.25, 0.3) is 0 Å². The molecule has 0 aromatic carbocycles. The SMILES string of the molecule is CC1CCN(C(=O)CCCN2CCN(C(=O)C(C)C)CC2)CC1. The van der Waals surface area contributed by atoms with Gasteiger partial charge in [0.25, 0.3) is 0 Å². The van der Waals surface area contributed by atoms with Gasteiger partial charge in [0.1, 0.15) is 0 Å². The third-order valence-electron chi connectivity index (χ3n) is 5.18. The molecule has 2 amide bonds. The fourth-order valence-electron chi connectivity index (χ4n) is 3.43. The Kier molecular flexibility index (Phi) is 6.88. The summed E-state index contributed by atoms with van der Waals surface area (Å²) >= 11 is 0. The number of piperidine rings is 1. The van der Waals surface area contributed by atoms with E-state index in [4.69, 9.17) is 0 Å². The first-order valence-corrected chi connectivity index (χ1v) is 9.26. The van der Waals surface area contributed by atoms with Crippen molar-refractivity contribution in [2.75, 3.05) is 45.8 Å². The lowest BCUT2D eigenvalue weighted by Gasteiger charge is -2.35. The van der Waals surface area contributed by atoms with Crippen molar-refractivity contribution in [3.8, 4) is 0 Å². The van der Waals surface area contributed by atoms with Gasteiger partial charge in [0, 0.05) is 51.6 Å². The number of carbonyl (C=O) groups is 2. The Morgan fingerprint density at radius 3 is 2.13 bits per heavy atom. The Hall–Kier alpha value is -1.10. The largest absolute Gasteiger partial charge is 0.343 e. The molecular formula is C18H33N3O2. The molecule has 132 valence electrons. The van der Waals surface area contributed by atoms with Gasteiger partial charge < -0.3 is 9.80 Å². The summed E-state index contributed by atoms with van der Waals surface area (Å²) in [6.07, 6.45) is 3.90. The molecule has 0 saturated carbocycles. The first-order valence-electron chi connectivity index (χ1n) is 9.26. The van der Waals surface area contributed by atoms with E-state index in [0.29, 0.717) is 12.3 Å². The maximum absolute atomic E-state index is 12.2. The Bertz CT molecular complexity index is 395. The zero-order valence-corrected chi connectivity index (χ0v) is 15.1. The molecule has 0 radical (unpaired) electrons. The zero-order chi connectivity index (χ0) is 16.8. The summed E-state index contributed by atoms with van der Waals surface area (Å²) in [6.45, 7) is 12.6. The van der Waals surface area contributed by atoms with Crippen LogP contribution in [0.1, 0.15) is 46.5 Å². The molecule has 5 nitrogen and oxygen atoms in total. The van der Waals surface area contributed by atoms with E-state index in [1.54, 1.807) is 0 Å². The fourth-order valence-corrected chi connectivity index (χ4v) is 3.43. The number of hydrogen-bond acceptors (Lipinski definition) is 3. The average Bonchev–Trinajstić information content (AvgIpc) is 2.55. The van der Waals surface area contributed by atoms with Crippen LogP contribution in [0.15, 0.2) is 0 Å². The quantitative estimate of drug-likeness (QED) is 0.775. The van der Waals surface area contributed by atoms with Crippen LogP contribution in [0.4, 0.5) is 0 Å². The number of carbonyl (C=O) groups excluding carboxylic acids is 2. The van der Waals surface area contributed by atoms with E-state index >= 15 is 0 Å². The minimum atomic E-state index is 0.0893. The van der Waals surface area contributed by atoms with Gasteiger partial charge in [-0.1, -0.05) is 20.8 Å². The maximum Gasteiger partial charge on any atom is 0.225 e. The average molecular weight is 323 g/mol. The van der Waals surface area contributed by atoms with Crippen LogP contribution in [-0.4, -0.2) is 72.3 Å². The highest BCUT2D eigenvalue weighted by atomic mass is 16.2. The molecule has 0 spiro atoms. The van der Waals surface area contributed by atoms with Crippen LogP contribution < -0.4 is 0 Å². The molecule has 0 unspecified atom stereocenters. The highest BCUT2D eigenvalue weighted by Crippen LogP contribution is 2.17. The van der Waals surface area contributed by atoms with Gasteiger partial charge in [-0.05, 0) is 31.7 Å². The molecule has 2 fully saturated rings. The molecule has 0 N–H and O–H groups in total. The molecule has 2 aliphatic heterocycles. The molecule has 23 heavy (non-hydrogen) atoms. The second kappa shape index (κ2) is 8.67. The smallest absolute Gasteiger partial charge is 0.225 e. The van der Waals surface area contributed by atoms with Crippen LogP contribution in [0.5, 0.6) is 0 Å². The van der Waals surface area contributed by atoms with Crippen molar-refractivity contribution >= 4 is 11.8 Å². The van der Waals surface area contributed by atoms with Gasteiger partial charge in [-0.2, -0.15) is 0 Å². The summed E-state index contributed by atoms with van der Waals surface area (Å²) < 4.78 is 0. The molecule has 2 heterocycles. The number of hydrogen-bond donors (Lipinski definition) is 0. The molecule has 5 heteroatoms. The molecule has 0 aromatic heterocycles. The third kappa shape index (κ3) is 5.48. The summed E-state index contributed by atoms with van der Waals surface area (Å²) in [6, 6.07) is 0. The number of rotatable bonds is 5. The van der Waals surface area contributed by atoms with Crippen molar-refractivity contribution in [3.05, 3.63) is 0 Å². The summed E-state index contributed by atoms with van der Waals surface area (Å²) in [4.78, 5) is 30.6. The first-order chi connectivity index (χ1) is 11.0. The molecular weight excluding hydrogens is 290 g/mol. The number of nitrogens with zero attached hydrogens (tertiary/aromatic N) is 3. The van der Waals surface area contributed by atoms with Gasteiger partial charge in [-0.3, -0.25) is 14.5 Å². The Balaban J connectivity index is 1.60. The second-order valence-electron chi connectivity index (χ2n) is 7.49. The molecule has 2 aliphatic rings. The lowest BCUT2D eigenvalue weighted by atomic mass is 9.99. The van der Waals surface area contributed by atoms with Gasteiger partial charge in [0.05, 0.1) is 0 Å². The number of piperazine rings is 1. The van der Waals surface area contributed by atoms with Crippen molar-refractivity contribution < 1.29 is 9.59 Å². The van der Waals surface area contributed by atoms with Gasteiger partial charge >= 0.3 is 0 Å². The monoisotopic (exact) mass is 323 g/mol. The predicted molar refractivity (Wildman–Crippen MR) is 92.1 cm³/mol. The summed E-state index contributed by atoms with van der Waals surface area (Å²) in [5, 5.41) is 0. The first kappa shape index (κ1) is 18.2. The third-order valence-corrected chi connectivity index (χ3v) is 5.18. The van der Waals surface area contributed by atoms with Gasteiger partial charge in [-0.25, -0.2) is 0 Å². The normalized spacial score (nSPS) is 21.0. The van der Waals surface area contributed by atoms with Crippen LogP contribution >= 0.6 is 0 Å². The second-order valence-corrected chi connectivity index (χ2v) is 7.49. The van der Waals surface area contributed by atoms with Crippen molar-refractivity contribution in [2.24, 2.45) is 11.8 Å². The number of amides is 2. The maximum atomic E-state index is 12.2. The Morgan fingerprint density at radius 2 is 1.57 bits per heavy atom.